The van der Waals surface area contributed by atoms with Crippen molar-refractivity contribution < 1.29 is 19.4 Å². The summed E-state index contributed by atoms with van der Waals surface area (Å²) in [5.41, 5.74) is 3.73. The van der Waals surface area contributed by atoms with Gasteiger partial charge in [0, 0.05) is 0 Å². The number of ether oxygens (including phenoxy) is 2. The molecule has 1 aliphatic heterocycles. The number of hydrogen-bond acceptors (Lipinski definition) is 3. The van der Waals surface area contributed by atoms with Crippen LogP contribution in [0.25, 0.3) is 0 Å². The summed E-state index contributed by atoms with van der Waals surface area (Å²) in [6.45, 7) is 1.77. The maximum Gasteiger partial charge on any atom is 0.339 e. The molecule has 2 aromatic carbocycles. The molecule has 21 heavy (non-hydrogen) atoms. The fourth-order valence-electron chi connectivity index (χ4n) is 2.44. The van der Waals surface area contributed by atoms with Gasteiger partial charge in [-0.2, -0.15) is 0 Å². The zero-order valence-electron chi connectivity index (χ0n) is 11.5. The number of fused-ring (bicyclic) bond motifs is 1. The molecule has 4 heteroatoms. The molecule has 0 aromatic heterocycles. The van der Waals surface area contributed by atoms with Crippen LogP contribution in [0.1, 0.15) is 27.0 Å². The molecule has 0 aliphatic carbocycles. The second kappa shape index (κ2) is 5.97. The van der Waals surface area contributed by atoms with E-state index in [0.29, 0.717) is 19.0 Å². The highest BCUT2D eigenvalue weighted by Crippen LogP contribution is 2.22. The van der Waals surface area contributed by atoms with Gasteiger partial charge in [0.15, 0.2) is 0 Å². The van der Waals surface area contributed by atoms with E-state index in [1.54, 1.807) is 24.3 Å². The van der Waals surface area contributed by atoms with Crippen molar-refractivity contribution in [2.24, 2.45) is 0 Å². The normalized spacial score (nSPS) is 13.5. The van der Waals surface area contributed by atoms with Crippen LogP contribution in [-0.4, -0.2) is 17.7 Å². The Labute approximate surface area is 122 Å². The molecular formula is C17H16O4. The molecule has 0 saturated heterocycles. The third-order valence-electron chi connectivity index (χ3n) is 3.56. The number of benzene rings is 2. The van der Waals surface area contributed by atoms with Crippen LogP contribution in [0.5, 0.6) is 5.75 Å². The molecule has 4 nitrogen and oxygen atoms in total. The van der Waals surface area contributed by atoms with Gasteiger partial charge in [-0.15, -0.1) is 0 Å². The second-order valence-electron chi connectivity index (χ2n) is 5.00. The molecule has 0 amide bonds. The molecule has 0 unspecified atom stereocenters. The van der Waals surface area contributed by atoms with Crippen LogP contribution >= 0.6 is 0 Å². The van der Waals surface area contributed by atoms with Gasteiger partial charge in [0.1, 0.15) is 17.9 Å². The third-order valence-corrected chi connectivity index (χ3v) is 3.56. The lowest BCUT2D eigenvalue weighted by molar-refractivity contribution is 0.0691. The monoisotopic (exact) mass is 284 g/mol. The molecule has 1 heterocycles. The first-order valence-corrected chi connectivity index (χ1v) is 6.87. The maximum atomic E-state index is 11.1. The molecule has 0 spiro atoms. The van der Waals surface area contributed by atoms with Crippen LogP contribution in [0.3, 0.4) is 0 Å². The first-order chi connectivity index (χ1) is 10.2. The smallest absolute Gasteiger partial charge is 0.339 e. The Morgan fingerprint density at radius 2 is 2.05 bits per heavy atom. The average Bonchev–Trinajstić information content (AvgIpc) is 2.53. The molecule has 0 atom stereocenters. The zero-order valence-corrected chi connectivity index (χ0v) is 11.5. The van der Waals surface area contributed by atoms with Crippen LogP contribution in [0, 0.1) is 0 Å². The van der Waals surface area contributed by atoms with Crippen molar-refractivity contribution in [3.8, 4) is 5.75 Å². The minimum atomic E-state index is -0.979. The van der Waals surface area contributed by atoms with Gasteiger partial charge in [-0.05, 0) is 35.2 Å². The lowest BCUT2D eigenvalue weighted by atomic mass is 10.0. The molecule has 0 radical (unpaired) electrons. The van der Waals surface area contributed by atoms with Crippen molar-refractivity contribution in [2.75, 3.05) is 6.61 Å². The topological polar surface area (TPSA) is 55.8 Å². The quantitative estimate of drug-likeness (QED) is 0.937. The van der Waals surface area contributed by atoms with Gasteiger partial charge in [0.25, 0.3) is 0 Å². The fourth-order valence-corrected chi connectivity index (χ4v) is 2.44. The Morgan fingerprint density at radius 3 is 2.90 bits per heavy atom. The molecule has 0 bridgehead atoms. The summed E-state index contributed by atoms with van der Waals surface area (Å²) >= 11 is 0. The van der Waals surface area contributed by atoms with Gasteiger partial charge < -0.3 is 14.6 Å². The average molecular weight is 284 g/mol. The van der Waals surface area contributed by atoms with Crippen molar-refractivity contribution >= 4 is 5.97 Å². The molecule has 0 saturated carbocycles. The minimum absolute atomic E-state index is 0.184. The van der Waals surface area contributed by atoms with Gasteiger partial charge >= 0.3 is 5.97 Å². The summed E-state index contributed by atoms with van der Waals surface area (Å²) in [7, 11) is 0. The van der Waals surface area contributed by atoms with Crippen LogP contribution in [-0.2, 0) is 24.4 Å². The van der Waals surface area contributed by atoms with Crippen molar-refractivity contribution in [3.05, 3.63) is 64.7 Å². The van der Waals surface area contributed by atoms with Gasteiger partial charge in [0.05, 0.1) is 13.2 Å². The summed E-state index contributed by atoms with van der Waals surface area (Å²) in [6, 6.07) is 12.8. The number of rotatable bonds is 4. The Hall–Kier alpha value is -2.33. The van der Waals surface area contributed by atoms with Crippen LogP contribution < -0.4 is 4.74 Å². The molecular weight excluding hydrogens is 268 g/mol. The number of carbonyl (C=O) groups is 1. The second-order valence-corrected chi connectivity index (χ2v) is 5.00. The molecule has 108 valence electrons. The highest BCUT2D eigenvalue weighted by molar-refractivity contribution is 5.90. The van der Waals surface area contributed by atoms with Crippen LogP contribution in [0.4, 0.5) is 0 Å². The van der Waals surface area contributed by atoms with Crippen LogP contribution in [0.15, 0.2) is 42.5 Å². The maximum absolute atomic E-state index is 11.1. The Balaban J connectivity index is 1.75. The highest BCUT2D eigenvalue weighted by atomic mass is 16.5. The van der Waals surface area contributed by atoms with Gasteiger partial charge in [-0.3, -0.25) is 0 Å². The van der Waals surface area contributed by atoms with Crippen molar-refractivity contribution in [3.63, 3.8) is 0 Å². The number of carboxylic acid groups (broad SMARTS) is 1. The number of para-hydroxylation sites is 1. The van der Waals surface area contributed by atoms with E-state index in [1.807, 2.05) is 6.07 Å². The fraction of sp³-hybridized carbons (Fsp3) is 0.235. The SMILES string of the molecule is O=C(O)c1ccccc1OCc1ccc2c(c1)CCOC2. The summed E-state index contributed by atoms with van der Waals surface area (Å²) in [4.78, 5) is 11.1. The van der Waals surface area contributed by atoms with E-state index in [4.69, 9.17) is 14.6 Å². The minimum Gasteiger partial charge on any atom is -0.488 e. The summed E-state index contributed by atoms with van der Waals surface area (Å²) in [5.74, 6) is -0.584. The largest absolute Gasteiger partial charge is 0.488 e. The van der Waals surface area contributed by atoms with E-state index in [2.05, 4.69) is 12.1 Å². The van der Waals surface area contributed by atoms with Crippen LogP contribution in [0.2, 0.25) is 0 Å². The Bertz CT molecular complexity index is 664. The number of hydrogen-bond donors (Lipinski definition) is 1. The first-order valence-electron chi connectivity index (χ1n) is 6.87. The molecule has 1 aliphatic rings. The van der Waals surface area contributed by atoms with E-state index >= 15 is 0 Å². The van der Waals surface area contributed by atoms with E-state index in [9.17, 15) is 4.79 Å². The van der Waals surface area contributed by atoms with Crippen molar-refractivity contribution in [2.45, 2.75) is 19.6 Å². The lowest BCUT2D eigenvalue weighted by Gasteiger charge is -2.17. The summed E-state index contributed by atoms with van der Waals surface area (Å²) in [5, 5.41) is 9.13. The lowest BCUT2D eigenvalue weighted by Crippen LogP contribution is -2.10. The number of aromatic carboxylic acids is 1. The zero-order chi connectivity index (χ0) is 14.7. The first kappa shape index (κ1) is 13.6. The predicted molar refractivity (Wildman–Crippen MR) is 77.5 cm³/mol. The van der Waals surface area contributed by atoms with E-state index < -0.39 is 5.97 Å². The summed E-state index contributed by atoms with van der Waals surface area (Å²) < 4.78 is 11.1. The van der Waals surface area contributed by atoms with E-state index in [1.165, 1.54) is 11.1 Å². The molecule has 3 rings (SSSR count). The Morgan fingerprint density at radius 1 is 1.19 bits per heavy atom. The van der Waals surface area contributed by atoms with Crippen molar-refractivity contribution in [1.82, 2.24) is 0 Å². The van der Waals surface area contributed by atoms with Gasteiger partial charge in [0.2, 0.25) is 0 Å². The van der Waals surface area contributed by atoms with Crippen molar-refractivity contribution in [1.29, 1.82) is 0 Å². The number of carboxylic acids is 1. The van der Waals surface area contributed by atoms with E-state index in [-0.39, 0.29) is 5.56 Å². The molecule has 2 aromatic rings. The standard InChI is InChI=1S/C17H16O4/c18-17(19)15-3-1-2-4-16(15)21-10-12-5-6-14-11-20-8-7-13(14)9-12/h1-6,9H,7-8,10-11H2,(H,18,19). The Kier molecular flexibility index (Phi) is 3.88. The predicted octanol–water partition coefficient (Wildman–Crippen LogP) is 3.04. The molecule has 0 fully saturated rings. The highest BCUT2D eigenvalue weighted by Gasteiger charge is 2.12. The third kappa shape index (κ3) is 3.06. The summed E-state index contributed by atoms with van der Waals surface area (Å²) in [6.07, 6.45) is 0.912. The van der Waals surface area contributed by atoms with Gasteiger partial charge in [-0.25, -0.2) is 4.79 Å². The van der Waals surface area contributed by atoms with E-state index in [0.717, 1.165) is 18.6 Å². The molecule has 1 N–H and O–H groups in total. The van der Waals surface area contributed by atoms with Gasteiger partial charge in [-0.1, -0.05) is 30.3 Å².